The van der Waals surface area contributed by atoms with Gasteiger partial charge in [0.2, 0.25) is 0 Å². The summed E-state index contributed by atoms with van der Waals surface area (Å²) in [6.45, 7) is 8.11. The Hall–Kier alpha value is -2.78. The van der Waals surface area contributed by atoms with Gasteiger partial charge < -0.3 is 9.64 Å². The highest BCUT2D eigenvalue weighted by molar-refractivity contribution is 5.53. The maximum absolute atomic E-state index is 6.02. The summed E-state index contributed by atoms with van der Waals surface area (Å²) in [6.07, 6.45) is 0. The van der Waals surface area contributed by atoms with Crippen molar-refractivity contribution >= 4 is 5.69 Å². The summed E-state index contributed by atoms with van der Waals surface area (Å²) in [6, 6.07) is 27.6. The van der Waals surface area contributed by atoms with E-state index in [4.69, 9.17) is 4.74 Å². The second-order valence-electron chi connectivity index (χ2n) is 7.47. The van der Waals surface area contributed by atoms with E-state index in [0.717, 1.165) is 38.5 Å². The monoisotopic (exact) mass is 372 g/mol. The van der Waals surface area contributed by atoms with Gasteiger partial charge in [0.05, 0.1) is 0 Å². The third kappa shape index (κ3) is 4.73. The SMILES string of the molecule is Cc1cc(N2CCN(Cc3ccccc3)CC2)ccc1OCc1ccccc1. The Morgan fingerprint density at radius 3 is 2.04 bits per heavy atom. The van der Waals surface area contributed by atoms with Crippen LogP contribution in [0, 0.1) is 6.92 Å². The van der Waals surface area contributed by atoms with Crippen molar-refractivity contribution < 1.29 is 4.74 Å². The van der Waals surface area contributed by atoms with Crippen molar-refractivity contribution in [2.45, 2.75) is 20.1 Å². The van der Waals surface area contributed by atoms with Crippen LogP contribution in [0.3, 0.4) is 0 Å². The summed E-state index contributed by atoms with van der Waals surface area (Å²) in [5.41, 5.74) is 5.08. The van der Waals surface area contributed by atoms with Crippen molar-refractivity contribution in [3.05, 3.63) is 95.6 Å². The zero-order valence-corrected chi connectivity index (χ0v) is 16.6. The van der Waals surface area contributed by atoms with Crippen LogP contribution < -0.4 is 9.64 Å². The molecule has 3 heteroatoms. The molecule has 0 N–H and O–H groups in total. The van der Waals surface area contributed by atoms with Crippen molar-refractivity contribution in [2.75, 3.05) is 31.1 Å². The molecule has 1 fully saturated rings. The highest BCUT2D eigenvalue weighted by Gasteiger charge is 2.18. The lowest BCUT2D eigenvalue weighted by Gasteiger charge is -2.36. The van der Waals surface area contributed by atoms with Crippen molar-refractivity contribution in [3.63, 3.8) is 0 Å². The number of hydrogen-bond acceptors (Lipinski definition) is 3. The van der Waals surface area contributed by atoms with Gasteiger partial charge in [-0.3, -0.25) is 4.90 Å². The van der Waals surface area contributed by atoms with E-state index in [0.29, 0.717) is 6.61 Å². The molecule has 0 saturated carbocycles. The molecule has 1 heterocycles. The van der Waals surface area contributed by atoms with E-state index < -0.39 is 0 Å². The molecule has 144 valence electrons. The Morgan fingerprint density at radius 1 is 0.750 bits per heavy atom. The molecule has 3 aromatic rings. The van der Waals surface area contributed by atoms with Crippen molar-refractivity contribution in [1.29, 1.82) is 0 Å². The maximum Gasteiger partial charge on any atom is 0.122 e. The summed E-state index contributed by atoms with van der Waals surface area (Å²) in [4.78, 5) is 5.02. The Morgan fingerprint density at radius 2 is 1.39 bits per heavy atom. The van der Waals surface area contributed by atoms with Gasteiger partial charge in [-0.05, 0) is 41.8 Å². The minimum absolute atomic E-state index is 0.610. The normalized spacial score (nSPS) is 14.8. The fourth-order valence-corrected chi connectivity index (χ4v) is 3.73. The van der Waals surface area contributed by atoms with Crippen LogP contribution in [0.2, 0.25) is 0 Å². The van der Waals surface area contributed by atoms with Gasteiger partial charge in [-0.15, -0.1) is 0 Å². The van der Waals surface area contributed by atoms with Gasteiger partial charge in [0, 0.05) is 38.4 Å². The van der Waals surface area contributed by atoms with Crippen LogP contribution >= 0.6 is 0 Å². The first-order chi connectivity index (χ1) is 13.8. The lowest BCUT2D eigenvalue weighted by molar-refractivity contribution is 0.250. The molecule has 0 aliphatic carbocycles. The summed E-state index contributed by atoms with van der Waals surface area (Å²) in [7, 11) is 0. The molecular weight excluding hydrogens is 344 g/mol. The molecule has 0 amide bonds. The third-order valence-electron chi connectivity index (χ3n) is 5.38. The molecule has 28 heavy (non-hydrogen) atoms. The summed E-state index contributed by atoms with van der Waals surface area (Å²) in [5, 5.41) is 0. The van der Waals surface area contributed by atoms with Gasteiger partial charge in [-0.1, -0.05) is 60.7 Å². The van der Waals surface area contributed by atoms with E-state index >= 15 is 0 Å². The first kappa shape index (κ1) is 18.6. The molecule has 1 aliphatic heterocycles. The Kier molecular flexibility index (Phi) is 5.93. The Bertz CT molecular complexity index is 872. The predicted octanol–water partition coefficient (Wildman–Crippen LogP) is 4.90. The number of anilines is 1. The molecule has 0 unspecified atom stereocenters. The lowest BCUT2D eigenvalue weighted by atomic mass is 10.1. The largest absolute Gasteiger partial charge is 0.489 e. The molecule has 0 atom stereocenters. The van der Waals surface area contributed by atoms with Crippen LogP contribution in [0.4, 0.5) is 5.69 Å². The minimum atomic E-state index is 0.610. The number of aryl methyl sites for hydroxylation is 1. The molecule has 0 radical (unpaired) electrons. The van der Waals surface area contributed by atoms with Crippen molar-refractivity contribution in [1.82, 2.24) is 4.90 Å². The molecule has 0 spiro atoms. The molecule has 3 nitrogen and oxygen atoms in total. The van der Waals surface area contributed by atoms with Crippen LogP contribution in [-0.2, 0) is 13.2 Å². The smallest absolute Gasteiger partial charge is 0.122 e. The molecule has 0 aromatic heterocycles. The standard InChI is InChI=1S/C25H28N2O/c1-21-18-24(12-13-25(21)28-20-23-10-6-3-7-11-23)27-16-14-26(15-17-27)19-22-8-4-2-5-9-22/h2-13,18H,14-17,19-20H2,1H3. The number of benzene rings is 3. The first-order valence-electron chi connectivity index (χ1n) is 10.1. The summed E-state index contributed by atoms with van der Waals surface area (Å²) >= 11 is 0. The zero-order valence-electron chi connectivity index (χ0n) is 16.6. The second kappa shape index (κ2) is 8.94. The van der Waals surface area contributed by atoms with Crippen LogP contribution in [0.1, 0.15) is 16.7 Å². The van der Waals surface area contributed by atoms with Gasteiger partial charge >= 0.3 is 0 Å². The number of nitrogens with zero attached hydrogens (tertiary/aromatic N) is 2. The van der Waals surface area contributed by atoms with E-state index in [-0.39, 0.29) is 0 Å². The number of rotatable bonds is 6. The van der Waals surface area contributed by atoms with E-state index in [1.165, 1.54) is 22.4 Å². The van der Waals surface area contributed by atoms with Gasteiger partial charge in [0.1, 0.15) is 12.4 Å². The van der Waals surface area contributed by atoms with Crippen LogP contribution in [0.25, 0.3) is 0 Å². The molecule has 1 aliphatic rings. The Balaban J connectivity index is 1.32. The number of ether oxygens (including phenoxy) is 1. The summed E-state index contributed by atoms with van der Waals surface area (Å²) < 4.78 is 6.02. The first-order valence-corrected chi connectivity index (χ1v) is 10.1. The summed E-state index contributed by atoms with van der Waals surface area (Å²) in [5.74, 6) is 0.968. The van der Waals surface area contributed by atoms with Gasteiger partial charge in [-0.2, -0.15) is 0 Å². The third-order valence-corrected chi connectivity index (χ3v) is 5.38. The van der Waals surface area contributed by atoms with Gasteiger partial charge in [0.15, 0.2) is 0 Å². The molecule has 3 aromatic carbocycles. The molecular formula is C25H28N2O. The topological polar surface area (TPSA) is 15.7 Å². The van der Waals surface area contributed by atoms with E-state index in [2.05, 4.69) is 77.4 Å². The molecule has 4 rings (SSSR count). The van der Waals surface area contributed by atoms with Gasteiger partial charge in [-0.25, -0.2) is 0 Å². The zero-order chi connectivity index (χ0) is 19.2. The predicted molar refractivity (Wildman–Crippen MR) is 116 cm³/mol. The van der Waals surface area contributed by atoms with Crippen molar-refractivity contribution in [3.8, 4) is 5.75 Å². The molecule has 0 bridgehead atoms. The Labute approximate surface area is 168 Å². The number of hydrogen-bond donors (Lipinski definition) is 0. The lowest BCUT2D eigenvalue weighted by Crippen LogP contribution is -2.45. The fraction of sp³-hybridized carbons (Fsp3) is 0.280. The van der Waals surface area contributed by atoms with E-state index in [1.54, 1.807) is 0 Å². The van der Waals surface area contributed by atoms with Crippen molar-refractivity contribution in [2.24, 2.45) is 0 Å². The number of piperazine rings is 1. The average Bonchev–Trinajstić information content (AvgIpc) is 2.75. The second-order valence-corrected chi connectivity index (χ2v) is 7.47. The van der Waals surface area contributed by atoms with E-state index in [9.17, 15) is 0 Å². The molecule has 1 saturated heterocycles. The minimum Gasteiger partial charge on any atom is -0.489 e. The fourth-order valence-electron chi connectivity index (χ4n) is 3.73. The van der Waals surface area contributed by atoms with Crippen LogP contribution in [-0.4, -0.2) is 31.1 Å². The van der Waals surface area contributed by atoms with Crippen LogP contribution in [0.15, 0.2) is 78.9 Å². The quantitative estimate of drug-likeness (QED) is 0.612. The maximum atomic E-state index is 6.02. The highest BCUT2D eigenvalue weighted by atomic mass is 16.5. The van der Waals surface area contributed by atoms with Crippen LogP contribution in [0.5, 0.6) is 5.75 Å². The van der Waals surface area contributed by atoms with Gasteiger partial charge in [0.25, 0.3) is 0 Å². The average molecular weight is 373 g/mol. The van der Waals surface area contributed by atoms with E-state index in [1.807, 2.05) is 18.2 Å². The highest BCUT2D eigenvalue weighted by Crippen LogP contribution is 2.26.